The van der Waals surface area contributed by atoms with Crippen molar-refractivity contribution >= 4 is 50.7 Å². The maximum Gasteiger partial charge on any atom is 0.264 e. The molecule has 1 unspecified atom stereocenters. The summed E-state index contributed by atoms with van der Waals surface area (Å²) in [5.74, 6) is -0.959. The van der Waals surface area contributed by atoms with Crippen LogP contribution in [0.25, 0.3) is 0 Å². The minimum Gasteiger partial charge on any atom is -0.357 e. The predicted molar refractivity (Wildman–Crippen MR) is 152 cm³/mol. The van der Waals surface area contributed by atoms with Gasteiger partial charge >= 0.3 is 0 Å². The summed E-state index contributed by atoms with van der Waals surface area (Å²) in [5, 5.41) is 3.32. The summed E-state index contributed by atoms with van der Waals surface area (Å²) in [7, 11) is -2.65. The Bertz CT molecular complexity index is 1410. The van der Waals surface area contributed by atoms with Gasteiger partial charge in [-0.05, 0) is 61.7 Å². The molecule has 3 aromatic carbocycles. The fraction of sp³-hybridized carbons (Fsp3) is 0.286. The zero-order valence-corrected chi connectivity index (χ0v) is 24.1. The van der Waals surface area contributed by atoms with E-state index in [-0.39, 0.29) is 11.4 Å². The molecule has 1 atom stereocenters. The molecule has 0 aliphatic rings. The molecule has 0 saturated carbocycles. The molecule has 3 rings (SSSR count). The lowest BCUT2D eigenvalue weighted by Gasteiger charge is -2.32. The summed E-state index contributed by atoms with van der Waals surface area (Å²) in [6.07, 6.45) is 0.559. The van der Waals surface area contributed by atoms with Gasteiger partial charge in [-0.1, -0.05) is 72.1 Å². The standard InChI is InChI=1S/C28H31Cl2N3O4S/c1-5-21-8-6-7-9-26(21)33(38(36,37)24-14-10-19(2)11-15-24)18-27(34)32(20(3)28(35)31-4)17-22-12-13-23(29)16-25(22)30/h6-16,20H,5,17-18H2,1-4H3,(H,31,35). The normalized spacial score (nSPS) is 12.1. The molecule has 0 fully saturated rings. The van der Waals surface area contributed by atoms with Gasteiger partial charge in [0.1, 0.15) is 12.6 Å². The summed E-state index contributed by atoms with van der Waals surface area (Å²) in [6.45, 7) is 4.83. The zero-order chi connectivity index (χ0) is 28.0. The van der Waals surface area contributed by atoms with Crippen molar-refractivity contribution in [3.8, 4) is 0 Å². The number of benzene rings is 3. The number of sulfonamides is 1. The van der Waals surface area contributed by atoms with Crippen LogP contribution in [0, 0.1) is 6.92 Å². The number of rotatable bonds is 10. The Morgan fingerprint density at radius 2 is 1.63 bits per heavy atom. The van der Waals surface area contributed by atoms with Gasteiger partial charge in [0.25, 0.3) is 10.0 Å². The second-order valence-electron chi connectivity index (χ2n) is 8.85. The van der Waals surface area contributed by atoms with Gasteiger partial charge in [-0.3, -0.25) is 13.9 Å². The molecule has 1 N–H and O–H groups in total. The summed E-state index contributed by atoms with van der Waals surface area (Å²) >= 11 is 12.4. The first-order valence-electron chi connectivity index (χ1n) is 12.1. The average molecular weight is 577 g/mol. The van der Waals surface area contributed by atoms with Gasteiger partial charge in [0, 0.05) is 23.6 Å². The molecule has 0 radical (unpaired) electrons. The number of halogens is 2. The highest BCUT2D eigenvalue weighted by Crippen LogP contribution is 2.29. The van der Waals surface area contributed by atoms with Gasteiger partial charge in [-0.15, -0.1) is 0 Å². The Hall–Kier alpha value is -3.07. The largest absolute Gasteiger partial charge is 0.357 e. The topological polar surface area (TPSA) is 86.8 Å². The molecular weight excluding hydrogens is 545 g/mol. The van der Waals surface area contributed by atoms with E-state index < -0.39 is 34.4 Å². The van der Waals surface area contributed by atoms with Crippen LogP contribution < -0.4 is 9.62 Å². The van der Waals surface area contributed by atoms with Gasteiger partial charge in [-0.2, -0.15) is 0 Å². The van der Waals surface area contributed by atoms with Crippen LogP contribution in [0.15, 0.2) is 71.6 Å². The molecule has 0 heterocycles. The Morgan fingerprint density at radius 3 is 2.24 bits per heavy atom. The van der Waals surface area contributed by atoms with Crippen molar-refractivity contribution in [2.24, 2.45) is 0 Å². The third kappa shape index (κ3) is 6.67. The molecule has 38 heavy (non-hydrogen) atoms. The summed E-state index contributed by atoms with van der Waals surface area (Å²) < 4.78 is 29.0. The maximum absolute atomic E-state index is 13.9. The Morgan fingerprint density at radius 1 is 0.974 bits per heavy atom. The monoisotopic (exact) mass is 575 g/mol. The van der Waals surface area contributed by atoms with E-state index in [1.54, 1.807) is 49.4 Å². The SMILES string of the molecule is CCc1ccccc1N(CC(=O)N(Cc1ccc(Cl)cc1Cl)C(C)C(=O)NC)S(=O)(=O)c1ccc(C)cc1. The molecule has 0 saturated heterocycles. The van der Waals surface area contributed by atoms with Crippen LogP contribution in [0.5, 0.6) is 0 Å². The van der Waals surface area contributed by atoms with Crippen LogP contribution in [-0.4, -0.2) is 44.8 Å². The quantitative estimate of drug-likeness (QED) is 0.359. The molecule has 0 aliphatic heterocycles. The lowest BCUT2D eigenvalue weighted by molar-refractivity contribution is -0.139. The van der Waals surface area contributed by atoms with Crippen LogP contribution >= 0.6 is 23.2 Å². The van der Waals surface area contributed by atoms with E-state index in [0.717, 1.165) is 15.4 Å². The molecule has 0 bridgehead atoms. The highest BCUT2D eigenvalue weighted by Gasteiger charge is 2.33. The Balaban J connectivity index is 2.09. The van der Waals surface area contributed by atoms with E-state index in [4.69, 9.17) is 23.2 Å². The number of anilines is 1. The highest BCUT2D eigenvalue weighted by molar-refractivity contribution is 7.92. The van der Waals surface area contributed by atoms with Gasteiger partial charge < -0.3 is 10.2 Å². The number of hydrogen-bond donors (Lipinski definition) is 1. The highest BCUT2D eigenvalue weighted by atomic mass is 35.5. The van der Waals surface area contributed by atoms with Gasteiger partial charge in [0.2, 0.25) is 11.8 Å². The summed E-state index contributed by atoms with van der Waals surface area (Å²) in [6, 6.07) is 17.5. The Labute approximate surface area is 234 Å². The third-order valence-corrected chi connectivity index (χ3v) is 8.66. The zero-order valence-electron chi connectivity index (χ0n) is 21.7. The molecule has 0 aliphatic carbocycles. The van der Waals surface area contributed by atoms with Crippen LogP contribution in [0.1, 0.15) is 30.5 Å². The molecule has 2 amide bonds. The van der Waals surface area contributed by atoms with Gasteiger partial charge in [0.05, 0.1) is 10.6 Å². The lowest BCUT2D eigenvalue weighted by Crippen LogP contribution is -2.50. The van der Waals surface area contributed by atoms with Gasteiger partial charge in [0.15, 0.2) is 0 Å². The molecule has 202 valence electrons. The number of amides is 2. The molecular formula is C28H31Cl2N3O4S. The fourth-order valence-corrected chi connectivity index (χ4v) is 5.95. The predicted octanol–water partition coefficient (Wildman–Crippen LogP) is 5.22. The molecule has 10 heteroatoms. The van der Waals surface area contributed by atoms with Crippen LogP contribution in [-0.2, 0) is 32.6 Å². The van der Waals surface area contributed by atoms with Crippen molar-refractivity contribution in [2.45, 2.75) is 44.7 Å². The van der Waals surface area contributed by atoms with E-state index >= 15 is 0 Å². The number of aryl methyl sites for hydroxylation is 2. The maximum atomic E-state index is 13.9. The number of hydrogen-bond acceptors (Lipinski definition) is 4. The Kier molecular flexibility index (Phi) is 9.82. The third-order valence-electron chi connectivity index (χ3n) is 6.30. The molecule has 3 aromatic rings. The van der Waals surface area contributed by atoms with Crippen molar-refractivity contribution < 1.29 is 18.0 Å². The number of carbonyl (C=O) groups excluding carboxylic acids is 2. The van der Waals surface area contributed by atoms with Crippen molar-refractivity contribution in [1.29, 1.82) is 0 Å². The molecule has 7 nitrogen and oxygen atoms in total. The number of nitrogens with one attached hydrogen (secondary N) is 1. The average Bonchev–Trinajstić information content (AvgIpc) is 2.90. The van der Waals surface area contributed by atoms with E-state index in [1.807, 2.05) is 26.0 Å². The van der Waals surface area contributed by atoms with Crippen LogP contribution in [0.2, 0.25) is 10.0 Å². The van der Waals surface area contributed by atoms with Crippen molar-refractivity contribution in [3.05, 3.63) is 93.5 Å². The first kappa shape index (κ1) is 29.5. The first-order chi connectivity index (χ1) is 18.0. The number of nitrogens with zero attached hydrogens (tertiary/aromatic N) is 2. The number of para-hydroxylation sites is 1. The molecule has 0 aromatic heterocycles. The van der Waals surface area contributed by atoms with Crippen molar-refractivity contribution in [3.63, 3.8) is 0 Å². The van der Waals surface area contributed by atoms with E-state index in [9.17, 15) is 18.0 Å². The van der Waals surface area contributed by atoms with E-state index in [2.05, 4.69) is 5.32 Å². The van der Waals surface area contributed by atoms with Crippen LogP contribution in [0.4, 0.5) is 5.69 Å². The van der Waals surface area contributed by atoms with Crippen LogP contribution in [0.3, 0.4) is 0 Å². The summed E-state index contributed by atoms with van der Waals surface area (Å²) in [4.78, 5) is 27.9. The second kappa shape index (κ2) is 12.7. The summed E-state index contributed by atoms with van der Waals surface area (Å²) in [5.41, 5.74) is 2.65. The lowest BCUT2D eigenvalue weighted by atomic mass is 10.1. The van der Waals surface area contributed by atoms with Gasteiger partial charge in [-0.25, -0.2) is 8.42 Å². The number of carbonyl (C=O) groups is 2. The second-order valence-corrected chi connectivity index (χ2v) is 11.6. The van der Waals surface area contributed by atoms with E-state index in [0.29, 0.717) is 27.7 Å². The minimum absolute atomic E-state index is 0.0166. The fourth-order valence-electron chi connectivity index (χ4n) is 4.03. The minimum atomic E-state index is -4.13. The number of likely N-dealkylation sites (N-methyl/N-ethyl adjacent to an activating group) is 1. The smallest absolute Gasteiger partial charge is 0.264 e. The van der Waals surface area contributed by atoms with E-state index in [1.165, 1.54) is 24.1 Å². The van der Waals surface area contributed by atoms with Crippen molar-refractivity contribution in [1.82, 2.24) is 10.2 Å². The molecule has 0 spiro atoms. The first-order valence-corrected chi connectivity index (χ1v) is 14.3. The van der Waals surface area contributed by atoms with Crippen molar-refractivity contribution in [2.75, 3.05) is 17.9 Å².